The van der Waals surface area contributed by atoms with Gasteiger partial charge in [-0.15, -0.1) is 0 Å². The minimum atomic E-state index is -0.367. The van der Waals surface area contributed by atoms with E-state index in [2.05, 4.69) is 17.1 Å². The average Bonchev–Trinajstić information content (AvgIpc) is 3.43. The Labute approximate surface area is 235 Å². The fraction of sp³-hybridized carbons (Fsp3) is 0.533. The van der Waals surface area contributed by atoms with Crippen LogP contribution in [0.2, 0.25) is 0 Å². The molecule has 1 fully saturated rings. The molecule has 0 radical (unpaired) electrons. The molecule has 2 aromatic carbocycles. The number of hydrogen-bond donors (Lipinski definition) is 2. The first kappa shape index (κ1) is 28.2. The van der Waals surface area contributed by atoms with E-state index in [9.17, 15) is 14.7 Å². The number of carbonyl (C=O) groups is 2. The van der Waals surface area contributed by atoms with Gasteiger partial charge in [0.2, 0.25) is 12.7 Å². The summed E-state index contributed by atoms with van der Waals surface area (Å²) in [5.41, 5.74) is 1.94. The average molecular weight is 554 g/mol. The smallest absolute Gasteiger partial charge is 0.258 e. The third-order valence-electron chi connectivity index (χ3n) is 7.92. The van der Waals surface area contributed by atoms with Gasteiger partial charge >= 0.3 is 0 Å². The SMILES string of the molecule is C[C@H](CO)N1C[C@H](C)[C@H](CN(C)Cc2ccc3c(c2)OCO3)Oc2c(NC(=O)C3CCOCC3)cccc2C1=O. The second-order valence-electron chi connectivity index (χ2n) is 11.1. The molecule has 0 saturated carbocycles. The topological polar surface area (TPSA) is 110 Å². The van der Waals surface area contributed by atoms with Crippen LogP contribution >= 0.6 is 0 Å². The number of aliphatic hydroxyl groups is 1. The van der Waals surface area contributed by atoms with Gasteiger partial charge in [0.15, 0.2) is 17.2 Å². The Morgan fingerprint density at radius 1 is 1.18 bits per heavy atom. The van der Waals surface area contributed by atoms with Crippen LogP contribution in [0.5, 0.6) is 17.2 Å². The molecule has 40 heavy (non-hydrogen) atoms. The molecule has 3 heterocycles. The Kier molecular flexibility index (Phi) is 8.78. The van der Waals surface area contributed by atoms with Crippen molar-refractivity contribution in [3.05, 3.63) is 47.5 Å². The van der Waals surface area contributed by atoms with Gasteiger partial charge in [0.25, 0.3) is 5.91 Å². The van der Waals surface area contributed by atoms with E-state index in [1.807, 2.05) is 32.2 Å². The highest BCUT2D eigenvalue weighted by atomic mass is 16.7. The van der Waals surface area contributed by atoms with E-state index in [1.54, 1.807) is 23.1 Å². The van der Waals surface area contributed by atoms with Crippen molar-refractivity contribution in [2.45, 2.75) is 45.4 Å². The van der Waals surface area contributed by atoms with Crippen LogP contribution in [0.1, 0.15) is 42.6 Å². The Balaban J connectivity index is 1.40. The van der Waals surface area contributed by atoms with Crippen LogP contribution in [0.4, 0.5) is 5.69 Å². The minimum Gasteiger partial charge on any atom is -0.486 e. The number of anilines is 1. The van der Waals surface area contributed by atoms with Crippen LogP contribution in [-0.4, -0.2) is 85.6 Å². The van der Waals surface area contributed by atoms with E-state index < -0.39 is 0 Å². The Bertz CT molecular complexity index is 1220. The molecular formula is C30H39N3O7. The van der Waals surface area contributed by atoms with Crippen molar-refractivity contribution in [3.63, 3.8) is 0 Å². The molecule has 2 amide bonds. The molecule has 2 aromatic rings. The second kappa shape index (κ2) is 12.4. The number of nitrogens with one attached hydrogen (secondary N) is 1. The van der Waals surface area contributed by atoms with Crippen LogP contribution in [0.15, 0.2) is 36.4 Å². The molecule has 0 spiro atoms. The van der Waals surface area contributed by atoms with Gasteiger partial charge in [0, 0.05) is 44.7 Å². The zero-order valence-corrected chi connectivity index (χ0v) is 23.4. The van der Waals surface area contributed by atoms with Crippen molar-refractivity contribution in [3.8, 4) is 17.2 Å². The maximum atomic E-state index is 13.7. The lowest BCUT2D eigenvalue weighted by molar-refractivity contribution is -0.122. The molecule has 10 nitrogen and oxygen atoms in total. The van der Waals surface area contributed by atoms with Crippen LogP contribution in [0.3, 0.4) is 0 Å². The van der Waals surface area contributed by atoms with E-state index in [4.69, 9.17) is 18.9 Å². The highest BCUT2D eigenvalue weighted by molar-refractivity contribution is 6.02. The quantitative estimate of drug-likeness (QED) is 0.513. The van der Waals surface area contributed by atoms with E-state index in [1.165, 1.54) is 0 Å². The van der Waals surface area contributed by atoms with Gasteiger partial charge in [0.1, 0.15) is 6.10 Å². The van der Waals surface area contributed by atoms with E-state index in [-0.39, 0.29) is 49.2 Å². The van der Waals surface area contributed by atoms with Crippen LogP contribution in [0, 0.1) is 11.8 Å². The summed E-state index contributed by atoms with van der Waals surface area (Å²) in [7, 11) is 2.03. The lowest BCUT2D eigenvalue weighted by Crippen LogP contribution is -2.49. The third-order valence-corrected chi connectivity index (χ3v) is 7.92. The molecule has 3 atom stereocenters. The Hall–Kier alpha value is -3.34. The zero-order chi connectivity index (χ0) is 28.2. The van der Waals surface area contributed by atoms with Gasteiger partial charge in [0.05, 0.1) is 23.9 Å². The number of nitrogens with zero attached hydrogens (tertiary/aromatic N) is 2. The summed E-state index contributed by atoms with van der Waals surface area (Å²) >= 11 is 0. The molecule has 5 rings (SSSR count). The number of para-hydroxylation sites is 1. The summed E-state index contributed by atoms with van der Waals surface area (Å²) in [6.07, 6.45) is 1.03. The maximum absolute atomic E-state index is 13.7. The van der Waals surface area contributed by atoms with Crippen LogP contribution < -0.4 is 19.5 Å². The van der Waals surface area contributed by atoms with Gasteiger partial charge in [-0.2, -0.15) is 0 Å². The predicted molar refractivity (Wildman–Crippen MR) is 149 cm³/mol. The monoisotopic (exact) mass is 553 g/mol. The largest absolute Gasteiger partial charge is 0.486 e. The van der Waals surface area contributed by atoms with Crippen molar-refractivity contribution < 1.29 is 33.6 Å². The van der Waals surface area contributed by atoms with E-state index >= 15 is 0 Å². The molecule has 216 valence electrons. The fourth-order valence-electron chi connectivity index (χ4n) is 5.48. The number of ether oxygens (including phenoxy) is 4. The summed E-state index contributed by atoms with van der Waals surface area (Å²) in [6.45, 7) is 6.76. The first-order valence-electron chi connectivity index (χ1n) is 14.0. The van der Waals surface area contributed by atoms with Crippen LogP contribution in [-0.2, 0) is 16.1 Å². The molecule has 10 heteroatoms. The van der Waals surface area contributed by atoms with Gasteiger partial charge in [-0.1, -0.05) is 19.1 Å². The number of benzene rings is 2. The highest BCUT2D eigenvalue weighted by Crippen LogP contribution is 2.36. The first-order valence-corrected chi connectivity index (χ1v) is 14.0. The third kappa shape index (κ3) is 6.19. The highest BCUT2D eigenvalue weighted by Gasteiger charge is 2.35. The van der Waals surface area contributed by atoms with Crippen molar-refractivity contribution in [1.29, 1.82) is 0 Å². The number of amides is 2. The molecule has 1 saturated heterocycles. The molecule has 3 aliphatic rings. The van der Waals surface area contributed by atoms with Crippen molar-refractivity contribution >= 4 is 17.5 Å². The standard InChI is InChI=1S/C30H39N3O7/c1-19-14-33(20(2)17-34)30(36)23-5-4-6-24(31-29(35)22-9-11-37-12-10-22)28(23)40-27(19)16-32(3)15-21-7-8-25-26(13-21)39-18-38-25/h4-8,13,19-20,22,27,34H,9-12,14-18H2,1-3H3,(H,31,35)/t19-,20+,27-/m0/s1. The van der Waals surface area contributed by atoms with Crippen molar-refractivity contribution in [2.75, 3.05) is 52.1 Å². The van der Waals surface area contributed by atoms with Gasteiger partial charge in [-0.25, -0.2) is 0 Å². The molecule has 0 bridgehead atoms. The van der Waals surface area contributed by atoms with Gasteiger partial charge in [-0.05, 0) is 56.6 Å². The number of aliphatic hydroxyl groups excluding tert-OH is 1. The van der Waals surface area contributed by atoms with Crippen molar-refractivity contribution in [1.82, 2.24) is 9.80 Å². The summed E-state index contributed by atoms with van der Waals surface area (Å²) < 4.78 is 23.0. The summed E-state index contributed by atoms with van der Waals surface area (Å²) in [5, 5.41) is 13.0. The number of hydrogen-bond acceptors (Lipinski definition) is 8. The van der Waals surface area contributed by atoms with Gasteiger partial charge < -0.3 is 34.3 Å². The predicted octanol–water partition coefficient (Wildman–Crippen LogP) is 3.13. The molecule has 0 aliphatic carbocycles. The summed E-state index contributed by atoms with van der Waals surface area (Å²) in [4.78, 5) is 30.7. The molecular weight excluding hydrogens is 514 g/mol. The van der Waals surface area contributed by atoms with Crippen molar-refractivity contribution in [2.24, 2.45) is 11.8 Å². The number of fused-ring (bicyclic) bond motifs is 2. The minimum absolute atomic E-state index is 0.0513. The lowest BCUT2D eigenvalue weighted by Gasteiger charge is -2.38. The second-order valence-corrected chi connectivity index (χ2v) is 11.1. The lowest BCUT2D eigenvalue weighted by atomic mass is 9.98. The van der Waals surface area contributed by atoms with E-state index in [0.29, 0.717) is 62.7 Å². The van der Waals surface area contributed by atoms with Gasteiger partial charge in [-0.3, -0.25) is 14.5 Å². The number of carbonyl (C=O) groups excluding carboxylic acids is 2. The molecule has 2 N–H and O–H groups in total. The summed E-state index contributed by atoms with van der Waals surface area (Å²) in [5.74, 6) is 1.34. The Morgan fingerprint density at radius 2 is 1.95 bits per heavy atom. The maximum Gasteiger partial charge on any atom is 0.258 e. The fourth-order valence-corrected chi connectivity index (χ4v) is 5.48. The number of likely N-dealkylation sites (N-methyl/N-ethyl adjacent to an activating group) is 1. The zero-order valence-electron chi connectivity index (χ0n) is 23.4. The Morgan fingerprint density at radius 3 is 2.73 bits per heavy atom. The summed E-state index contributed by atoms with van der Waals surface area (Å²) in [6, 6.07) is 10.8. The molecule has 3 aliphatic heterocycles. The normalized spacial score (nSPS) is 21.8. The first-order chi connectivity index (χ1) is 19.3. The van der Waals surface area contributed by atoms with E-state index in [0.717, 1.165) is 17.1 Å². The van der Waals surface area contributed by atoms with Crippen LogP contribution in [0.25, 0.3) is 0 Å². The molecule has 0 aromatic heterocycles. The number of rotatable bonds is 8. The molecule has 0 unspecified atom stereocenters.